The zero-order chi connectivity index (χ0) is 15.8. The van der Waals surface area contributed by atoms with E-state index in [2.05, 4.69) is 10.2 Å². The van der Waals surface area contributed by atoms with Gasteiger partial charge in [-0.2, -0.15) is 5.10 Å². The molecule has 2 aromatic rings. The van der Waals surface area contributed by atoms with Crippen LogP contribution in [0, 0.1) is 5.92 Å². The Labute approximate surface area is 135 Å². The first-order valence-electron chi connectivity index (χ1n) is 8.34. The SMILES string of the molecule is O=C(c1n[nH]c2c1CCC2)N1CCC(Cc2ccc(O)cc2)C1. The number of amides is 1. The van der Waals surface area contributed by atoms with Gasteiger partial charge in [0.2, 0.25) is 0 Å². The molecule has 1 aromatic carbocycles. The van der Waals surface area contributed by atoms with Crippen molar-refractivity contribution in [2.24, 2.45) is 5.92 Å². The smallest absolute Gasteiger partial charge is 0.274 e. The number of hydrogen-bond donors (Lipinski definition) is 2. The third-order valence-electron chi connectivity index (χ3n) is 5.04. The minimum absolute atomic E-state index is 0.0811. The number of aromatic amines is 1. The number of benzene rings is 1. The number of hydrogen-bond acceptors (Lipinski definition) is 3. The van der Waals surface area contributed by atoms with Crippen molar-refractivity contribution >= 4 is 5.91 Å². The van der Waals surface area contributed by atoms with E-state index in [9.17, 15) is 9.90 Å². The van der Waals surface area contributed by atoms with Crippen molar-refractivity contribution in [1.82, 2.24) is 15.1 Å². The zero-order valence-electron chi connectivity index (χ0n) is 13.1. The van der Waals surface area contributed by atoms with E-state index in [0.717, 1.165) is 56.5 Å². The van der Waals surface area contributed by atoms with Crippen LogP contribution in [0.2, 0.25) is 0 Å². The van der Waals surface area contributed by atoms with Crippen LogP contribution >= 0.6 is 0 Å². The summed E-state index contributed by atoms with van der Waals surface area (Å²) in [6.45, 7) is 1.60. The lowest BCUT2D eigenvalue weighted by atomic mass is 9.99. The van der Waals surface area contributed by atoms with Gasteiger partial charge in [0.25, 0.3) is 5.91 Å². The Morgan fingerprint density at radius 1 is 1.30 bits per heavy atom. The van der Waals surface area contributed by atoms with E-state index in [1.807, 2.05) is 17.0 Å². The summed E-state index contributed by atoms with van der Waals surface area (Å²) in [7, 11) is 0. The second-order valence-corrected chi connectivity index (χ2v) is 6.66. The average Bonchev–Trinajstić information content (AvgIpc) is 3.25. The first-order chi connectivity index (χ1) is 11.2. The molecule has 2 heterocycles. The molecule has 1 aliphatic heterocycles. The van der Waals surface area contributed by atoms with Crippen molar-refractivity contribution < 1.29 is 9.90 Å². The molecule has 5 heteroatoms. The zero-order valence-corrected chi connectivity index (χ0v) is 13.1. The molecule has 0 spiro atoms. The molecule has 2 aliphatic rings. The summed E-state index contributed by atoms with van der Waals surface area (Å²) in [5.74, 6) is 0.859. The Morgan fingerprint density at radius 3 is 2.96 bits per heavy atom. The standard InChI is InChI=1S/C18H21N3O2/c22-14-6-4-12(5-7-14)10-13-8-9-21(11-13)18(23)17-15-2-1-3-16(15)19-20-17/h4-7,13,22H,1-3,8-11H2,(H,19,20). The van der Waals surface area contributed by atoms with Crippen molar-refractivity contribution in [2.75, 3.05) is 13.1 Å². The lowest BCUT2D eigenvalue weighted by Crippen LogP contribution is -2.30. The number of likely N-dealkylation sites (tertiary alicyclic amines) is 1. The number of aromatic nitrogens is 2. The maximum Gasteiger partial charge on any atom is 0.274 e. The highest BCUT2D eigenvalue weighted by atomic mass is 16.3. The Hall–Kier alpha value is -2.30. The number of aryl methyl sites for hydroxylation is 1. The number of aromatic hydroxyl groups is 1. The van der Waals surface area contributed by atoms with Crippen LogP contribution in [-0.2, 0) is 19.3 Å². The Bertz CT molecular complexity index is 720. The Balaban J connectivity index is 1.41. The van der Waals surface area contributed by atoms with Crippen LogP contribution in [0.4, 0.5) is 0 Å². The molecule has 5 nitrogen and oxygen atoms in total. The lowest BCUT2D eigenvalue weighted by molar-refractivity contribution is 0.0780. The van der Waals surface area contributed by atoms with Gasteiger partial charge >= 0.3 is 0 Å². The number of phenolic OH excluding ortho intramolecular Hbond substituents is 1. The van der Waals surface area contributed by atoms with Gasteiger partial charge < -0.3 is 10.0 Å². The van der Waals surface area contributed by atoms with Gasteiger partial charge in [0.05, 0.1) is 0 Å². The summed E-state index contributed by atoms with van der Waals surface area (Å²) in [5, 5.41) is 16.6. The highest BCUT2D eigenvalue weighted by Gasteiger charge is 2.31. The number of carbonyl (C=O) groups excluding carboxylic acids is 1. The molecular formula is C18H21N3O2. The molecular weight excluding hydrogens is 290 g/mol. The number of phenols is 1. The molecule has 1 fully saturated rings. The van der Waals surface area contributed by atoms with E-state index < -0.39 is 0 Å². The van der Waals surface area contributed by atoms with E-state index in [4.69, 9.17) is 0 Å². The molecule has 1 saturated heterocycles. The second kappa shape index (κ2) is 5.72. The third kappa shape index (κ3) is 2.71. The van der Waals surface area contributed by atoms with E-state index in [0.29, 0.717) is 17.4 Å². The normalized spacial score (nSPS) is 20.0. The van der Waals surface area contributed by atoms with Gasteiger partial charge in [0.1, 0.15) is 5.75 Å². The largest absolute Gasteiger partial charge is 0.508 e. The molecule has 4 rings (SSSR count). The van der Waals surface area contributed by atoms with Crippen LogP contribution < -0.4 is 0 Å². The van der Waals surface area contributed by atoms with Gasteiger partial charge in [-0.15, -0.1) is 0 Å². The van der Waals surface area contributed by atoms with E-state index >= 15 is 0 Å². The number of H-pyrrole nitrogens is 1. The van der Waals surface area contributed by atoms with Gasteiger partial charge in [-0.1, -0.05) is 12.1 Å². The lowest BCUT2D eigenvalue weighted by Gasteiger charge is -2.16. The van der Waals surface area contributed by atoms with Crippen molar-refractivity contribution in [2.45, 2.75) is 32.1 Å². The minimum atomic E-state index is 0.0811. The Morgan fingerprint density at radius 2 is 2.13 bits per heavy atom. The first kappa shape index (κ1) is 14.3. The van der Waals surface area contributed by atoms with Crippen molar-refractivity contribution in [1.29, 1.82) is 0 Å². The maximum absolute atomic E-state index is 12.7. The summed E-state index contributed by atoms with van der Waals surface area (Å²) in [6, 6.07) is 7.36. The maximum atomic E-state index is 12.7. The van der Waals surface area contributed by atoms with E-state index in [-0.39, 0.29) is 5.91 Å². The van der Waals surface area contributed by atoms with Crippen LogP contribution in [-0.4, -0.2) is 39.2 Å². The summed E-state index contributed by atoms with van der Waals surface area (Å²) in [6.07, 6.45) is 5.08. The fourth-order valence-corrected chi connectivity index (χ4v) is 3.80. The molecule has 1 aliphatic carbocycles. The molecule has 23 heavy (non-hydrogen) atoms. The van der Waals surface area contributed by atoms with Gasteiger partial charge in [-0.3, -0.25) is 9.89 Å². The van der Waals surface area contributed by atoms with E-state index in [1.165, 1.54) is 5.56 Å². The average molecular weight is 311 g/mol. The molecule has 0 bridgehead atoms. The third-order valence-corrected chi connectivity index (χ3v) is 5.04. The van der Waals surface area contributed by atoms with Crippen LogP contribution in [0.5, 0.6) is 5.75 Å². The first-order valence-corrected chi connectivity index (χ1v) is 8.34. The quantitative estimate of drug-likeness (QED) is 0.914. The minimum Gasteiger partial charge on any atom is -0.508 e. The Kier molecular flexibility index (Phi) is 3.56. The van der Waals surface area contributed by atoms with Crippen LogP contribution in [0.15, 0.2) is 24.3 Å². The summed E-state index contributed by atoms with van der Waals surface area (Å²) in [4.78, 5) is 14.7. The highest BCUT2D eigenvalue weighted by molar-refractivity contribution is 5.94. The predicted octanol–water partition coefficient (Wildman–Crippen LogP) is 2.31. The number of carbonyl (C=O) groups is 1. The summed E-state index contributed by atoms with van der Waals surface area (Å²) in [5.41, 5.74) is 4.13. The van der Waals surface area contributed by atoms with Crippen LogP contribution in [0.25, 0.3) is 0 Å². The van der Waals surface area contributed by atoms with Crippen LogP contribution in [0.3, 0.4) is 0 Å². The van der Waals surface area contributed by atoms with Crippen molar-refractivity contribution in [3.05, 3.63) is 46.8 Å². The molecule has 1 atom stereocenters. The van der Waals surface area contributed by atoms with Gasteiger partial charge in [-0.05, 0) is 55.7 Å². The second-order valence-electron chi connectivity index (χ2n) is 6.66. The molecule has 0 radical (unpaired) electrons. The predicted molar refractivity (Wildman–Crippen MR) is 86.4 cm³/mol. The van der Waals surface area contributed by atoms with Gasteiger partial charge in [0.15, 0.2) is 5.69 Å². The molecule has 1 aromatic heterocycles. The molecule has 0 saturated carbocycles. The van der Waals surface area contributed by atoms with Crippen LogP contribution in [0.1, 0.15) is 40.2 Å². The van der Waals surface area contributed by atoms with Gasteiger partial charge in [-0.25, -0.2) is 0 Å². The number of fused-ring (bicyclic) bond motifs is 1. The molecule has 1 amide bonds. The summed E-state index contributed by atoms with van der Waals surface area (Å²) < 4.78 is 0. The fraction of sp³-hybridized carbons (Fsp3) is 0.444. The van der Waals surface area contributed by atoms with Crippen molar-refractivity contribution in [3.63, 3.8) is 0 Å². The van der Waals surface area contributed by atoms with Gasteiger partial charge in [0, 0.05) is 24.3 Å². The molecule has 120 valence electrons. The summed E-state index contributed by atoms with van der Waals surface area (Å²) >= 11 is 0. The molecule has 1 unspecified atom stereocenters. The number of nitrogens with one attached hydrogen (secondary N) is 1. The number of rotatable bonds is 3. The highest BCUT2D eigenvalue weighted by Crippen LogP contribution is 2.27. The number of nitrogens with zero attached hydrogens (tertiary/aromatic N) is 2. The fourth-order valence-electron chi connectivity index (χ4n) is 3.80. The topological polar surface area (TPSA) is 69.2 Å². The van der Waals surface area contributed by atoms with Crippen molar-refractivity contribution in [3.8, 4) is 5.75 Å². The monoisotopic (exact) mass is 311 g/mol. The molecule has 2 N–H and O–H groups in total. The van der Waals surface area contributed by atoms with E-state index in [1.54, 1.807) is 12.1 Å².